The van der Waals surface area contributed by atoms with Crippen LogP contribution in [0.4, 0.5) is 0 Å². The summed E-state index contributed by atoms with van der Waals surface area (Å²) in [6.45, 7) is 8.96. The normalized spacial score (nSPS) is 11.9. The summed E-state index contributed by atoms with van der Waals surface area (Å²) < 4.78 is 16.7. The van der Waals surface area contributed by atoms with Crippen molar-refractivity contribution >= 4 is 17.9 Å². The molecule has 0 aliphatic heterocycles. The molecule has 0 aromatic rings. The van der Waals surface area contributed by atoms with Crippen LogP contribution in [0.2, 0.25) is 0 Å². The molecule has 0 radical (unpaired) electrons. The Morgan fingerprint density at radius 1 is 0.352 bits per heavy atom. The molecule has 0 aliphatic rings. The molecule has 0 saturated carbocycles. The van der Waals surface area contributed by atoms with Gasteiger partial charge in [0.2, 0.25) is 0 Å². The third kappa shape index (κ3) is 41.6. The van der Waals surface area contributed by atoms with E-state index < -0.39 is 6.10 Å². The number of ether oxygens (including phenoxy) is 3. The van der Waals surface area contributed by atoms with Crippen molar-refractivity contribution in [2.24, 2.45) is 5.92 Å². The molecule has 0 saturated heterocycles. The van der Waals surface area contributed by atoms with Gasteiger partial charge in [0.05, 0.1) is 0 Å². The summed E-state index contributed by atoms with van der Waals surface area (Å²) in [5.74, 6) is -0.0387. The highest BCUT2D eigenvalue weighted by molar-refractivity contribution is 5.71. The maximum absolute atomic E-state index is 12.7. The van der Waals surface area contributed by atoms with Gasteiger partial charge in [-0.05, 0) is 25.2 Å². The Hall–Kier alpha value is -1.59. The molecule has 0 aliphatic carbocycles. The van der Waals surface area contributed by atoms with E-state index in [1.165, 1.54) is 161 Å². The average molecular weight is 765 g/mol. The first kappa shape index (κ1) is 52.4. The molecule has 0 fully saturated rings. The lowest BCUT2D eigenvalue weighted by atomic mass is 10.0. The molecule has 320 valence electrons. The molecule has 0 rings (SSSR count). The molecule has 54 heavy (non-hydrogen) atoms. The Kier molecular flexibility index (Phi) is 41.3. The molecule has 0 N–H and O–H groups in total. The summed E-state index contributed by atoms with van der Waals surface area (Å²) >= 11 is 0. The third-order valence-corrected chi connectivity index (χ3v) is 10.8. The molecular weight excluding hydrogens is 673 g/mol. The Bertz CT molecular complexity index is 811. The van der Waals surface area contributed by atoms with Gasteiger partial charge in [-0.1, -0.05) is 227 Å². The van der Waals surface area contributed by atoms with Crippen LogP contribution in [-0.4, -0.2) is 37.2 Å². The van der Waals surface area contributed by atoms with E-state index >= 15 is 0 Å². The van der Waals surface area contributed by atoms with Crippen molar-refractivity contribution in [3.05, 3.63) is 0 Å². The summed E-state index contributed by atoms with van der Waals surface area (Å²) in [5.41, 5.74) is 0. The molecule has 0 bridgehead atoms. The zero-order valence-corrected chi connectivity index (χ0v) is 36.7. The van der Waals surface area contributed by atoms with Gasteiger partial charge >= 0.3 is 17.9 Å². The van der Waals surface area contributed by atoms with Crippen LogP contribution in [0.5, 0.6) is 0 Å². The highest BCUT2D eigenvalue weighted by Gasteiger charge is 2.19. The third-order valence-electron chi connectivity index (χ3n) is 10.8. The Morgan fingerprint density at radius 3 is 0.907 bits per heavy atom. The molecule has 0 heterocycles. The standard InChI is InChI=1S/C48H92O6/c1-5-7-9-11-13-14-15-16-17-18-19-20-25-29-33-37-41-48(51)54-45(42-52-46(49)39-35-31-26-12-10-8-6-2)43-53-47(50)40-36-32-28-24-22-21-23-27-30-34-38-44(3)4/h44-45H,5-43H2,1-4H3/t45-/m0/s1. The molecular formula is C48H92O6. The predicted octanol–water partition coefficient (Wildman–Crippen LogP) is 15.1. The average Bonchev–Trinajstić information content (AvgIpc) is 3.15. The van der Waals surface area contributed by atoms with Gasteiger partial charge < -0.3 is 14.2 Å². The van der Waals surface area contributed by atoms with E-state index in [-0.39, 0.29) is 31.1 Å². The van der Waals surface area contributed by atoms with Crippen molar-refractivity contribution in [2.45, 2.75) is 271 Å². The second kappa shape index (κ2) is 42.6. The van der Waals surface area contributed by atoms with Crippen LogP contribution in [0.25, 0.3) is 0 Å². The molecule has 0 amide bonds. The monoisotopic (exact) mass is 765 g/mol. The van der Waals surface area contributed by atoms with E-state index in [1.54, 1.807) is 0 Å². The summed E-state index contributed by atoms with van der Waals surface area (Å²) in [4.78, 5) is 37.6. The molecule has 1 atom stereocenters. The maximum atomic E-state index is 12.7. The van der Waals surface area contributed by atoms with Crippen molar-refractivity contribution in [3.8, 4) is 0 Å². The van der Waals surface area contributed by atoms with Crippen LogP contribution in [0, 0.1) is 5.92 Å². The van der Waals surface area contributed by atoms with Crippen molar-refractivity contribution < 1.29 is 28.6 Å². The van der Waals surface area contributed by atoms with Crippen molar-refractivity contribution in [1.29, 1.82) is 0 Å². The van der Waals surface area contributed by atoms with Crippen LogP contribution >= 0.6 is 0 Å². The van der Waals surface area contributed by atoms with E-state index in [4.69, 9.17) is 14.2 Å². The molecule has 6 nitrogen and oxygen atoms in total. The molecule has 0 unspecified atom stereocenters. The number of hydrogen-bond donors (Lipinski definition) is 0. The number of carbonyl (C=O) groups is 3. The van der Waals surface area contributed by atoms with Crippen molar-refractivity contribution in [2.75, 3.05) is 13.2 Å². The van der Waals surface area contributed by atoms with Gasteiger partial charge in [0.25, 0.3) is 0 Å². The number of rotatable bonds is 43. The SMILES string of the molecule is CCCCCCCCCCCCCCCCCCC(=O)O[C@@H](COC(=O)CCCCCCCCC)COC(=O)CCCCCCCCCCCCC(C)C. The van der Waals surface area contributed by atoms with Gasteiger partial charge in [-0.2, -0.15) is 0 Å². The highest BCUT2D eigenvalue weighted by Crippen LogP contribution is 2.16. The topological polar surface area (TPSA) is 78.9 Å². The van der Waals surface area contributed by atoms with Gasteiger partial charge in [-0.3, -0.25) is 14.4 Å². The fourth-order valence-corrected chi connectivity index (χ4v) is 7.16. The number of carbonyl (C=O) groups excluding carboxylic acids is 3. The lowest BCUT2D eigenvalue weighted by Gasteiger charge is -2.18. The molecule has 0 aromatic carbocycles. The van der Waals surface area contributed by atoms with E-state index in [1.807, 2.05) is 0 Å². The van der Waals surface area contributed by atoms with Crippen molar-refractivity contribution in [3.63, 3.8) is 0 Å². The summed E-state index contributed by atoms with van der Waals surface area (Å²) in [6, 6.07) is 0. The smallest absolute Gasteiger partial charge is 0.306 e. The first-order valence-corrected chi connectivity index (χ1v) is 23.9. The molecule has 0 spiro atoms. The second-order valence-electron chi connectivity index (χ2n) is 16.9. The number of esters is 3. The van der Waals surface area contributed by atoms with Gasteiger partial charge in [0.1, 0.15) is 13.2 Å². The Morgan fingerprint density at radius 2 is 0.611 bits per heavy atom. The quantitative estimate of drug-likeness (QED) is 0.0349. The molecule has 6 heteroatoms. The zero-order chi connectivity index (χ0) is 39.6. The first-order valence-electron chi connectivity index (χ1n) is 23.9. The predicted molar refractivity (Wildman–Crippen MR) is 229 cm³/mol. The van der Waals surface area contributed by atoms with Crippen LogP contribution in [0.3, 0.4) is 0 Å². The van der Waals surface area contributed by atoms with Gasteiger partial charge in [-0.15, -0.1) is 0 Å². The van der Waals surface area contributed by atoms with E-state index in [0.29, 0.717) is 19.3 Å². The minimum absolute atomic E-state index is 0.0641. The fourth-order valence-electron chi connectivity index (χ4n) is 7.16. The number of hydrogen-bond acceptors (Lipinski definition) is 6. The lowest BCUT2D eigenvalue weighted by Crippen LogP contribution is -2.30. The molecule has 0 aromatic heterocycles. The van der Waals surface area contributed by atoms with Gasteiger partial charge in [-0.25, -0.2) is 0 Å². The second-order valence-corrected chi connectivity index (χ2v) is 16.9. The Labute approximate surface area is 336 Å². The zero-order valence-electron chi connectivity index (χ0n) is 36.7. The largest absolute Gasteiger partial charge is 0.462 e. The highest BCUT2D eigenvalue weighted by atomic mass is 16.6. The van der Waals surface area contributed by atoms with Crippen LogP contribution < -0.4 is 0 Å². The van der Waals surface area contributed by atoms with Crippen LogP contribution in [-0.2, 0) is 28.6 Å². The van der Waals surface area contributed by atoms with E-state index in [0.717, 1.165) is 63.7 Å². The Balaban J connectivity index is 4.24. The minimum Gasteiger partial charge on any atom is -0.462 e. The minimum atomic E-state index is -0.758. The van der Waals surface area contributed by atoms with Gasteiger partial charge in [0, 0.05) is 19.3 Å². The summed E-state index contributed by atoms with van der Waals surface area (Å²) in [6.07, 6.45) is 42.4. The first-order chi connectivity index (χ1) is 26.4. The fraction of sp³-hybridized carbons (Fsp3) is 0.938. The van der Waals surface area contributed by atoms with E-state index in [2.05, 4.69) is 27.7 Å². The van der Waals surface area contributed by atoms with E-state index in [9.17, 15) is 14.4 Å². The van der Waals surface area contributed by atoms with Gasteiger partial charge in [0.15, 0.2) is 6.10 Å². The summed E-state index contributed by atoms with van der Waals surface area (Å²) in [7, 11) is 0. The summed E-state index contributed by atoms with van der Waals surface area (Å²) in [5, 5.41) is 0. The number of unbranched alkanes of at least 4 members (excludes halogenated alkanes) is 30. The van der Waals surface area contributed by atoms with Crippen LogP contribution in [0.15, 0.2) is 0 Å². The lowest BCUT2D eigenvalue weighted by molar-refractivity contribution is -0.167. The van der Waals surface area contributed by atoms with Crippen LogP contribution in [0.1, 0.15) is 265 Å². The maximum Gasteiger partial charge on any atom is 0.306 e. The van der Waals surface area contributed by atoms with Crippen molar-refractivity contribution in [1.82, 2.24) is 0 Å².